The quantitative estimate of drug-likeness (QED) is 0.840. The van der Waals surface area contributed by atoms with Crippen LogP contribution in [0.4, 0.5) is 24.5 Å². The van der Waals surface area contributed by atoms with Crippen LogP contribution in [0.3, 0.4) is 0 Å². The molecule has 19 heavy (non-hydrogen) atoms. The Kier molecular flexibility index (Phi) is 3.89. The fraction of sp³-hybridized carbons (Fsp3) is 0.538. The van der Waals surface area contributed by atoms with Crippen LogP contribution in [0.5, 0.6) is 0 Å². The highest BCUT2D eigenvalue weighted by molar-refractivity contribution is 5.61. The standard InChI is InChI=1S/C13H18F3N3/c1-2-18-5-7-19(8-6-18)12-4-3-10(17)9-11(12)13(14,15)16/h3-4,9H,2,5-8,17H2,1H3. The van der Waals surface area contributed by atoms with Gasteiger partial charge in [-0.05, 0) is 24.7 Å². The van der Waals surface area contributed by atoms with E-state index in [-0.39, 0.29) is 11.4 Å². The molecule has 1 heterocycles. The van der Waals surface area contributed by atoms with Crippen LogP contribution in [0.15, 0.2) is 18.2 Å². The number of anilines is 2. The summed E-state index contributed by atoms with van der Waals surface area (Å²) in [5.74, 6) is 0. The molecule has 1 aliphatic heterocycles. The first-order valence-electron chi connectivity index (χ1n) is 6.36. The highest BCUT2D eigenvalue weighted by Crippen LogP contribution is 2.38. The molecule has 1 fully saturated rings. The fourth-order valence-electron chi connectivity index (χ4n) is 2.36. The summed E-state index contributed by atoms with van der Waals surface area (Å²) in [6.45, 7) is 5.79. The van der Waals surface area contributed by atoms with E-state index in [4.69, 9.17) is 5.73 Å². The van der Waals surface area contributed by atoms with Gasteiger partial charge in [0.05, 0.1) is 5.56 Å². The molecule has 1 aromatic carbocycles. The first-order chi connectivity index (χ1) is 8.91. The second kappa shape index (κ2) is 5.28. The van der Waals surface area contributed by atoms with E-state index in [1.165, 1.54) is 12.1 Å². The summed E-state index contributed by atoms with van der Waals surface area (Å²) in [5.41, 5.74) is 5.20. The van der Waals surface area contributed by atoms with Gasteiger partial charge in [0.15, 0.2) is 0 Å². The molecule has 6 heteroatoms. The summed E-state index contributed by atoms with van der Waals surface area (Å²) in [4.78, 5) is 4.01. The van der Waals surface area contributed by atoms with Crippen molar-refractivity contribution < 1.29 is 13.2 Å². The second-order valence-corrected chi connectivity index (χ2v) is 4.70. The summed E-state index contributed by atoms with van der Waals surface area (Å²) < 4.78 is 39.1. The summed E-state index contributed by atoms with van der Waals surface area (Å²) >= 11 is 0. The van der Waals surface area contributed by atoms with Gasteiger partial charge in [0.25, 0.3) is 0 Å². The molecular formula is C13H18F3N3. The minimum Gasteiger partial charge on any atom is -0.399 e. The number of alkyl halides is 3. The van der Waals surface area contributed by atoms with Gasteiger partial charge >= 0.3 is 6.18 Å². The van der Waals surface area contributed by atoms with Crippen molar-refractivity contribution in [2.75, 3.05) is 43.4 Å². The molecule has 1 aromatic rings. The molecule has 0 saturated carbocycles. The van der Waals surface area contributed by atoms with Crippen molar-refractivity contribution in [2.24, 2.45) is 0 Å². The van der Waals surface area contributed by atoms with E-state index in [1.807, 2.05) is 0 Å². The Hall–Kier alpha value is -1.43. The van der Waals surface area contributed by atoms with Crippen molar-refractivity contribution in [1.29, 1.82) is 0 Å². The molecule has 0 atom stereocenters. The topological polar surface area (TPSA) is 32.5 Å². The minimum absolute atomic E-state index is 0.142. The van der Waals surface area contributed by atoms with Gasteiger partial charge in [-0.15, -0.1) is 0 Å². The number of nitrogens with two attached hydrogens (primary N) is 1. The highest BCUT2D eigenvalue weighted by Gasteiger charge is 2.35. The van der Waals surface area contributed by atoms with E-state index in [0.717, 1.165) is 25.7 Å². The van der Waals surface area contributed by atoms with Gasteiger partial charge in [0.2, 0.25) is 0 Å². The lowest BCUT2D eigenvalue weighted by Gasteiger charge is -2.36. The summed E-state index contributed by atoms with van der Waals surface area (Å²) in [5, 5.41) is 0. The third-order valence-corrected chi connectivity index (χ3v) is 3.49. The number of hydrogen-bond donors (Lipinski definition) is 1. The van der Waals surface area contributed by atoms with Crippen molar-refractivity contribution >= 4 is 11.4 Å². The zero-order valence-electron chi connectivity index (χ0n) is 10.9. The molecule has 0 aromatic heterocycles. The van der Waals surface area contributed by atoms with Crippen LogP contribution in [-0.4, -0.2) is 37.6 Å². The van der Waals surface area contributed by atoms with Gasteiger partial charge in [0, 0.05) is 37.6 Å². The molecule has 0 spiro atoms. The normalized spacial score (nSPS) is 17.8. The molecule has 1 saturated heterocycles. The van der Waals surface area contributed by atoms with Gasteiger partial charge in [-0.2, -0.15) is 13.2 Å². The molecule has 0 unspecified atom stereocenters. The average Bonchev–Trinajstić information content (AvgIpc) is 2.38. The Morgan fingerprint density at radius 1 is 1.16 bits per heavy atom. The molecule has 3 nitrogen and oxygen atoms in total. The van der Waals surface area contributed by atoms with Crippen molar-refractivity contribution in [3.05, 3.63) is 23.8 Å². The summed E-state index contributed by atoms with van der Waals surface area (Å²) in [7, 11) is 0. The van der Waals surface area contributed by atoms with Crippen molar-refractivity contribution in [1.82, 2.24) is 4.90 Å². The minimum atomic E-state index is -4.37. The summed E-state index contributed by atoms with van der Waals surface area (Å²) in [6.07, 6.45) is -4.37. The van der Waals surface area contributed by atoms with Gasteiger partial charge in [-0.25, -0.2) is 0 Å². The molecule has 2 N–H and O–H groups in total. The lowest BCUT2D eigenvalue weighted by Crippen LogP contribution is -2.46. The maximum atomic E-state index is 13.0. The number of piperazine rings is 1. The van der Waals surface area contributed by atoms with Crippen LogP contribution < -0.4 is 10.6 Å². The predicted molar refractivity (Wildman–Crippen MR) is 70.2 cm³/mol. The third-order valence-electron chi connectivity index (χ3n) is 3.49. The van der Waals surface area contributed by atoms with Crippen molar-refractivity contribution in [2.45, 2.75) is 13.1 Å². The van der Waals surface area contributed by atoms with Crippen LogP contribution in [-0.2, 0) is 6.18 Å². The van der Waals surface area contributed by atoms with E-state index in [1.54, 1.807) is 4.90 Å². The van der Waals surface area contributed by atoms with E-state index in [2.05, 4.69) is 11.8 Å². The zero-order valence-corrected chi connectivity index (χ0v) is 10.9. The Balaban J connectivity index is 2.25. The molecular weight excluding hydrogens is 255 g/mol. The van der Waals surface area contributed by atoms with E-state index < -0.39 is 11.7 Å². The van der Waals surface area contributed by atoms with Gasteiger partial charge < -0.3 is 15.5 Å². The van der Waals surface area contributed by atoms with Crippen LogP contribution in [0, 0.1) is 0 Å². The second-order valence-electron chi connectivity index (χ2n) is 4.70. The van der Waals surface area contributed by atoms with Gasteiger partial charge in [-0.1, -0.05) is 6.92 Å². The Labute approximate surface area is 110 Å². The van der Waals surface area contributed by atoms with Crippen LogP contribution in [0.25, 0.3) is 0 Å². The number of nitrogens with zero attached hydrogens (tertiary/aromatic N) is 2. The fourth-order valence-corrected chi connectivity index (χ4v) is 2.36. The van der Waals surface area contributed by atoms with Crippen LogP contribution >= 0.6 is 0 Å². The lowest BCUT2D eigenvalue weighted by atomic mass is 10.1. The molecule has 2 rings (SSSR count). The monoisotopic (exact) mass is 273 g/mol. The van der Waals surface area contributed by atoms with Crippen molar-refractivity contribution in [3.63, 3.8) is 0 Å². The van der Waals surface area contributed by atoms with E-state index in [9.17, 15) is 13.2 Å². The molecule has 1 aliphatic rings. The van der Waals surface area contributed by atoms with E-state index in [0.29, 0.717) is 13.1 Å². The Bertz CT molecular complexity index is 437. The number of halogens is 3. The molecule has 106 valence electrons. The van der Waals surface area contributed by atoms with Gasteiger partial charge in [0.1, 0.15) is 0 Å². The number of nitrogen functional groups attached to an aromatic ring is 1. The summed E-state index contributed by atoms with van der Waals surface area (Å²) in [6, 6.07) is 4.01. The predicted octanol–water partition coefficient (Wildman–Crippen LogP) is 2.43. The Morgan fingerprint density at radius 3 is 2.32 bits per heavy atom. The maximum absolute atomic E-state index is 13.0. The number of likely N-dealkylation sites (N-methyl/N-ethyl adjacent to an activating group) is 1. The Morgan fingerprint density at radius 2 is 1.79 bits per heavy atom. The largest absolute Gasteiger partial charge is 0.418 e. The maximum Gasteiger partial charge on any atom is 0.418 e. The van der Waals surface area contributed by atoms with Crippen LogP contribution in [0.1, 0.15) is 12.5 Å². The molecule has 0 radical (unpaired) electrons. The smallest absolute Gasteiger partial charge is 0.399 e. The molecule has 0 aliphatic carbocycles. The van der Waals surface area contributed by atoms with E-state index >= 15 is 0 Å². The van der Waals surface area contributed by atoms with Crippen LogP contribution in [0.2, 0.25) is 0 Å². The zero-order chi connectivity index (χ0) is 14.0. The number of hydrogen-bond acceptors (Lipinski definition) is 3. The first kappa shape index (κ1) is 14.0. The highest BCUT2D eigenvalue weighted by atomic mass is 19.4. The first-order valence-corrected chi connectivity index (χ1v) is 6.36. The lowest BCUT2D eigenvalue weighted by molar-refractivity contribution is -0.137. The average molecular weight is 273 g/mol. The number of benzene rings is 1. The SMILES string of the molecule is CCN1CCN(c2ccc(N)cc2C(F)(F)F)CC1. The number of rotatable bonds is 2. The van der Waals surface area contributed by atoms with Gasteiger partial charge in [-0.3, -0.25) is 0 Å². The van der Waals surface area contributed by atoms with Crippen molar-refractivity contribution in [3.8, 4) is 0 Å². The molecule has 0 bridgehead atoms. The molecule has 0 amide bonds. The third kappa shape index (κ3) is 3.12.